The van der Waals surface area contributed by atoms with Gasteiger partial charge in [-0.15, -0.1) is 0 Å². The molecule has 13 heteroatoms. The van der Waals surface area contributed by atoms with Crippen molar-refractivity contribution in [3.05, 3.63) is 56.9 Å². The summed E-state index contributed by atoms with van der Waals surface area (Å²) in [6, 6.07) is 7.94. The first kappa shape index (κ1) is 21.4. The van der Waals surface area contributed by atoms with E-state index in [4.69, 9.17) is 27.9 Å². The van der Waals surface area contributed by atoms with Crippen molar-refractivity contribution in [3.8, 4) is 11.6 Å². The molecule has 148 valence electrons. The van der Waals surface area contributed by atoms with Crippen molar-refractivity contribution in [2.45, 2.75) is 4.90 Å². The first-order valence-corrected chi connectivity index (χ1v) is 12.3. The number of halogens is 3. The standard InChI is InChI=1S/C15H11Cl2FN2O5P2S/c1-24-15-12(7-10(16)14(17)19-15)20-11-4-3-9(28(22,23)25-27(18)26)6-8(11)2-5-13(20)21/h2-7H,26H2,1H3. The molecule has 0 fully saturated rings. The van der Waals surface area contributed by atoms with Gasteiger partial charge < -0.3 is 4.74 Å². The Labute approximate surface area is 172 Å². The predicted molar refractivity (Wildman–Crippen MR) is 110 cm³/mol. The number of methoxy groups -OCH3 is 1. The molecule has 7 nitrogen and oxygen atoms in total. The van der Waals surface area contributed by atoms with Crippen LogP contribution in [0.2, 0.25) is 10.2 Å². The van der Waals surface area contributed by atoms with Crippen LogP contribution in [0.3, 0.4) is 0 Å². The minimum Gasteiger partial charge on any atom is -0.479 e. The number of pyridine rings is 2. The van der Waals surface area contributed by atoms with Crippen LogP contribution < -0.4 is 10.3 Å². The molecule has 0 N–H and O–H groups in total. The van der Waals surface area contributed by atoms with Gasteiger partial charge in [-0.05, 0) is 39.3 Å². The Balaban J connectivity index is 2.28. The third-order valence-corrected chi connectivity index (χ3v) is 7.27. The molecule has 0 aliphatic heterocycles. The van der Waals surface area contributed by atoms with Crippen LogP contribution >= 0.6 is 40.3 Å². The van der Waals surface area contributed by atoms with Gasteiger partial charge in [-0.1, -0.05) is 23.2 Å². The van der Waals surface area contributed by atoms with Gasteiger partial charge in [0.05, 0.1) is 22.5 Å². The monoisotopic (exact) mass is 482 g/mol. The summed E-state index contributed by atoms with van der Waals surface area (Å²) in [6.45, 7) is 0. The molecule has 0 aliphatic carbocycles. The normalized spacial score (nSPS) is 12.9. The average molecular weight is 483 g/mol. The fraction of sp³-hybridized carbons (Fsp3) is 0.0667. The summed E-state index contributed by atoms with van der Waals surface area (Å²) < 4.78 is 48.0. The van der Waals surface area contributed by atoms with Gasteiger partial charge in [0.2, 0.25) is 5.88 Å². The Morgan fingerprint density at radius 2 is 1.93 bits per heavy atom. The van der Waals surface area contributed by atoms with Crippen LogP contribution in [-0.2, 0) is 14.1 Å². The Bertz CT molecular complexity index is 1240. The van der Waals surface area contributed by atoms with E-state index in [0.29, 0.717) is 10.9 Å². The number of ether oxygens (including phenoxy) is 1. The predicted octanol–water partition coefficient (Wildman–Crippen LogP) is 4.48. The van der Waals surface area contributed by atoms with E-state index >= 15 is 0 Å². The van der Waals surface area contributed by atoms with E-state index in [1.165, 1.54) is 48.1 Å². The summed E-state index contributed by atoms with van der Waals surface area (Å²) in [5, 5.41) is 0.483. The molecule has 2 atom stereocenters. The van der Waals surface area contributed by atoms with E-state index in [0.717, 1.165) is 0 Å². The van der Waals surface area contributed by atoms with Gasteiger partial charge >= 0.3 is 10.1 Å². The second-order valence-electron chi connectivity index (χ2n) is 5.32. The van der Waals surface area contributed by atoms with Crippen molar-refractivity contribution < 1.29 is 21.3 Å². The fourth-order valence-electron chi connectivity index (χ4n) is 2.52. The highest BCUT2D eigenvalue weighted by Crippen LogP contribution is 2.49. The van der Waals surface area contributed by atoms with Gasteiger partial charge in [0.1, 0.15) is 5.69 Å². The van der Waals surface area contributed by atoms with Crippen LogP contribution in [0.4, 0.5) is 4.20 Å². The fourth-order valence-corrected chi connectivity index (χ4v) is 5.41. The lowest BCUT2D eigenvalue weighted by atomic mass is 10.2. The van der Waals surface area contributed by atoms with Crippen molar-refractivity contribution in [1.29, 1.82) is 0 Å². The smallest absolute Gasteiger partial charge is 0.302 e. The molecule has 0 bridgehead atoms. The van der Waals surface area contributed by atoms with Crippen LogP contribution in [0, 0.1) is 0 Å². The molecule has 0 amide bonds. The van der Waals surface area contributed by atoms with Gasteiger partial charge in [-0.2, -0.15) is 17.6 Å². The molecule has 2 heterocycles. The number of aromatic nitrogens is 2. The molecule has 0 spiro atoms. The zero-order valence-corrected chi connectivity index (χ0v) is 18.3. The molecule has 2 aromatic heterocycles. The molecular weight excluding hydrogens is 472 g/mol. The maximum absolute atomic E-state index is 13.0. The average Bonchev–Trinajstić information content (AvgIpc) is 2.62. The Morgan fingerprint density at radius 3 is 2.57 bits per heavy atom. The second kappa shape index (κ2) is 8.19. The molecule has 0 radical (unpaired) electrons. The molecule has 0 saturated carbocycles. The lowest BCUT2D eigenvalue weighted by Gasteiger charge is -2.14. The Morgan fingerprint density at radius 1 is 1.21 bits per heavy atom. The van der Waals surface area contributed by atoms with Gasteiger partial charge in [-0.3, -0.25) is 9.36 Å². The summed E-state index contributed by atoms with van der Waals surface area (Å²) in [6.07, 6.45) is 0. The number of fused-ring (bicyclic) bond motifs is 1. The topological polar surface area (TPSA) is 87.5 Å². The first-order chi connectivity index (χ1) is 13.1. The van der Waals surface area contributed by atoms with Crippen molar-refractivity contribution in [2.75, 3.05) is 7.11 Å². The summed E-state index contributed by atoms with van der Waals surface area (Å²) in [5.74, 6) is 0.0510. The number of benzene rings is 1. The van der Waals surface area contributed by atoms with Crippen molar-refractivity contribution in [2.24, 2.45) is 0 Å². The van der Waals surface area contributed by atoms with Crippen molar-refractivity contribution >= 4 is 61.3 Å². The Hall–Kier alpha value is -1.34. The van der Waals surface area contributed by atoms with E-state index in [-0.39, 0.29) is 26.6 Å². The van der Waals surface area contributed by atoms with Crippen LogP contribution in [0.5, 0.6) is 5.88 Å². The van der Waals surface area contributed by atoms with Crippen LogP contribution in [-0.4, -0.2) is 25.1 Å². The Kier molecular flexibility index (Phi) is 6.25. The molecule has 2 unspecified atom stereocenters. The number of hydrogen-bond acceptors (Lipinski definition) is 6. The third-order valence-electron chi connectivity index (χ3n) is 3.64. The lowest BCUT2D eigenvalue weighted by molar-refractivity contribution is 0.396. The molecule has 1 aromatic carbocycles. The molecule has 0 aliphatic rings. The highest BCUT2D eigenvalue weighted by atomic mass is 35.5. The first-order valence-electron chi connectivity index (χ1n) is 7.35. The summed E-state index contributed by atoms with van der Waals surface area (Å²) >= 11 is 11.9. The van der Waals surface area contributed by atoms with Crippen molar-refractivity contribution in [3.63, 3.8) is 0 Å². The summed E-state index contributed by atoms with van der Waals surface area (Å²) in [4.78, 5) is 16.3. The minimum absolute atomic E-state index is 0.00115. The summed E-state index contributed by atoms with van der Waals surface area (Å²) in [7, 11) is -3.98. The largest absolute Gasteiger partial charge is 0.479 e. The summed E-state index contributed by atoms with van der Waals surface area (Å²) in [5.41, 5.74) is 0.130. The molecular formula is C15H11Cl2FN2O5P2S. The van der Waals surface area contributed by atoms with Gasteiger partial charge in [-0.25, -0.2) is 3.97 Å². The molecule has 0 saturated heterocycles. The zero-order valence-electron chi connectivity index (χ0n) is 14.0. The van der Waals surface area contributed by atoms with Crippen LogP contribution in [0.1, 0.15) is 0 Å². The lowest BCUT2D eigenvalue weighted by Crippen LogP contribution is -2.18. The minimum atomic E-state index is -4.29. The number of hydrogen-bond donors (Lipinski definition) is 0. The highest BCUT2D eigenvalue weighted by molar-refractivity contribution is 8.12. The maximum atomic E-state index is 13.0. The maximum Gasteiger partial charge on any atom is 0.302 e. The van der Waals surface area contributed by atoms with Gasteiger partial charge in [0.15, 0.2) is 5.15 Å². The second-order valence-corrected chi connectivity index (χ2v) is 9.82. The van der Waals surface area contributed by atoms with Crippen molar-refractivity contribution in [1.82, 2.24) is 9.55 Å². The van der Waals surface area contributed by atoms with E-state index in [2.05, 4.69) is 8.95 Å². The van der Waals surface area contributed by atoms with E-state index in [9.17, 15) is 17.4 Å². The van der Waals surface area contributed by atoms with Crippen LogP contribution in [0.25, 0.3) is 16.6 Å². The number of rotatable bonds is 5. The molecule has 3 aromatic rings. The quantitative estimate of drug-likeness (QED) is 0.393. The highest BCUT2D eigenvalue weighted by Gasteiger charge is 2.21. The van der Waals surface area contributed by atoms with Crippen LogP contribution in [0.15, 0.2) is 46.1 Å². The number of nitrogens with zero attached hydrogens (tertiary/aromatic N) is 2. The third kappa shape index (κ3) is 4.15. The van der Waals surface area contributed by atoms with E-state index < -0.39 is 23.8 Å². The van der Waals surface area contributed by atoms with E-state index in [1.807, 2.05) is 0 Å². The SMILES string of the molecule is COc1nc(Cl)c(Cl)cc1-n1c(=O)ccc2cc(S(=O)(=O)OP(F)P)ccc21. The zero-order chi connectivity index (χ0) is 20.6. The molecule has 28 heavy (non-hydrogen) atoms. The molecule has 3 rings (SSSR count). The van der Waals surface area contributed by atoms with Gasteiger partial charge in [0.25, 0.3) is 13.7 Å². The van der Waals surface area contributed by atoms with E-state index in [1.54, 1.807) is 8.93 Å². The van der Waals surface area contributed by atoms with Gasteiger partial charge in [0, 0.05) is 11.5 Å².